The molecule has 170 valence electrons. The molecule has 3 aromatic rings. The molecular weight excluding hydrogens is 426 g/mol. The lowest BCUT2D eigenvalue weighted by molar-refractivity contribution is -0.274. The van der Waals surface area contributed by atoms with Gasteiger partial charge in [0.25, 0.3) is 0 Å². The number of hydrogen-bond acceptors (Lipinski definition) is 6. The van der Waals surface area contributed by atoms with Crippen LogP contribution in [0.25, 0.3) is 11.3 Å². The molecule has 0 aliphatic carbocycles. The maximum atomic E-state index is 14.1. The number of hydrogen-bond donors (Lipinski definition) is 2. The lowest BCUT2D eigenvalue weighted by Crippen LogP contribution is -2.17. The second kappa shape index (κ2) is 10.3. The Balaban J connectivity index is 1.91. The molecular formula is C22H23F4N5O. The highest BCUT2D eigenvalue weighted by Crippen LogP contribution is 2.29. The van der Waals surface area contributed by atoms with E-state index in [9.17, 15) is 17.6 Å². The third kappa shape index (κ3) is 7.09. The van der Waals surface area contributed by atoms with Gasteiger partial charge in [-0.25, -0.2) is 9.37 Å². The van der Waals surface area contributed by atoms with Gasteiger partial charge in [0.05, 0.1) is 11.4 Å². The van der Waals surface area contributed by atoms with E-state index in [0.717, 1.165) is 13.0 Å². The average molecular weight is 449 g/mol. The third-order valence-corrected chi connectivity index (χ3v) is 4.29. The second-order valence-corrected chi connectivity index (χ2v) is 7.23. The lowest BCUT2D eigenvalue weighted by Gasteiger charge is -2.14. The third-order valence-electron chi connectivity index (χ3n) is 4.29. The molecule has 0 atom stereocenters. The van der Waals surface area contributed by atoms with E-state index in [1.807, 2.05) is 19.0 Å². The molecule has 2 aromatic carbocycles. The number of alkyl halides is 3. The molecule has 0 saturated heterocycles. The first kappa shape index (κ1) is 23.3. The Morgan fingerprint density at radius 3 is 2.50 bits per heavy atom. The van der Waals surface area contributed by atoms with Crippen molar-refractivity contribution in [3.05, 3.63) is 60.4 Å². The van der Waals surface area contributed by atoms with Crippen molar-refractivity contribution < 1.29 is 22.3 Å². The SMILES string of the molecule is CN(C)CCCNc1nc(Nc2ccccc2F)cc(-c2cccc(OC(F)(F)F)c2)n1. The van der Waals surface area contributed by atoms with Crippen molar-refractivity contribution in [3.8, 4) is 17.0 Å². The Bertz CT molecular complexity index is 1040. The number of aromatic nitrogens is 2. The summed E-state index contributed by atoms with van der Waals surface area (Å²) in [6.07, 6.45) is -3.98. The summed E-state index contributed by atoms with van der Waals surface area (Å²) in [6, 6.07) is 13.1. The zero-order valence-corrected chi connectivity index (χ0v) is 17.6. The number of benzene rings is 2. The molecule has 0 unspecified atom stereocenters. The fourth-order valence-corrected chi connectivity index (χ4v) is 2.89. The van der Waals surface area contributed by atoms with Gasteiger partial charge in [0.15, 0.2) is 0 Å². The van der Waals surface area contributed by atoms with Crippen LogP contribution in [0.1, 0.15) is 6.42 Å². The average Bonchev–Trinajstić information content (AvgIpc) is 2.72. The van der Waals surface area contributed by atoms with Crippen molar-refractivity contribution in [2.75, 3.05) is 37.8 Å². The van der Waals surface area contributed by atoms with Crippen molar-refractivity contribution in [1.82, 2.24) is 14.9 Å². The van der Waals surface area contributed by atoms with E-state index in [2.05, 4.69) is 25.3 Å². The Labute approximate surface area is 183 Å². The quantitative estimate of drug-likeness (QED) is 0.342. The van der Waals surface area contributed by atoms with Crippen LogP contribution in [0.15, 0.2) is 54.6 Å². The van der Waals surface area contributed by atoms with Crippen LogP contribution in [0.5, 0.6) is 5.75 Å². The van der Waals surface area contributed by atoms with E-state index in [4.69, 9.17) is 0 Å². The molecule has 0 aliphatic rings. The summed E-state index contributed by atoms with van der Waals surface area (Å²) in [5.41, 5.74) is 0.952. The molecule has 6 nitrogen and oxygen atoms in total. The molecule has 1 heterocycles. The summed E-state index contributed by atoms with van der Waals surface area (Å²) >= 11 is 0. The van der Waals surface area contributed by atoms with Crippen molar-refractivity contribution in [2.24, 2.45) is 0 Å². The number of anilines is 3. The zero-order chi connectivity index (χ0) is 23.1. The fraction of sp³-hybridized carbons (Fsp3) is 0.273. The van der Waals surface area contributed by atoms with Crippen molar-refractivity contribution in [3.63, 3.8) is 0 Å². The van der Waals surface area contributed by atoms with E-state index in [0.29, 0.717) is 17.8 Å². The summed E-state index contributed by atoms with van der Waals surface area (Å²) in [4.78, 5) is 10.8. The summed E-state index contributed by atoms with van der Waals surface area (Å²) in [5, 5.41) is 6.01. The summed E-state index contributed by atoms with van der Waals surface area (Å²) < 4.78 is 55.9. The Kier molecular flexibility index (Phi) is 7.47. The molecule has 0 amide bonds. The summed E-state index contributed by atoms with van der Waals surface area (Å²) in [7, 11) is 3.92. The number of halogens is 4. The number of ether oxygens (including phenoxy) is 1. The van der Waals surface area contributed by atoms with E-state index >= 15 is 0 Å². The number of para-hydroxylation sites is 1. The molecule has 0 spiro atoms. The fourth-order valence-electron chi connectivity index (χ4n) is 2.89. The first-order valence-electron chi connectivity index (χ1n) is 9.85. The van der Waals surface area contributed by atoms with Gasteiger partial charge in [-0.15, -0.1) is 13.2 Å². The maximum absolute atomic E-state index is 14.1. The van der Waals surface area contributed by atoms with Crippen LogP contribution in [-0.2, 0) is 0 Å². The van der Waals surface area contributed by atoms with E-state index in [1.165, 1.54) is 30.3 Å². The standard InChI is InChI=1S/C22H23F4N5O/c1-31(2)12-6-11-27-21-29-19(15-7-5-8-16(13-15)32-22(24,25)26)14-20(30-21)28-18-10-4-3-9-17(18)23/h3-5,7-10,13-14H,6,11-12H2,1-2H3,(H2,27,28,29,30). The molecule has 0 saturated carbocycles. The Morgan fingerprint density at radius 2 is 1.78 bits per heavy atom. The van der Waals surface area contributed by atoms with Crippen molar-refractivity contribution in [2.45, 2.75) is 12.8 Å². The Morgan fingerprint density at radius 1 is 1.00 bits per heavy atom. The monoisotopic (exact) mass is 449 g/mol. The van der Waals surface area contributed by atoms with Gasteiger partial charge in [-0.3, -0.25) is 0 Å². The first-order valence-corrected chi connectivity index (χ1v) is 9.85. The van der Waals surface area contributed by atoms with Gasteiger partial charge in [-0.2, -0.15) is 4.98 Å². The number of nitrogens with one attached hydrogen (secondary N) is 2. The highest BCUT2D eigenvalue weighted by Gasteiger charge is 2.31. The molecule has 10 heteroatoms. The minimum Gasteiger partial charge on any atom is -0.406 e. The predicted octanol–water partition coefficient (Wildman–Crippen LogP) is 5.29. The van der Waals surface area contributed by atoms with Crippen molar-refractivity contribution >= 4 is 17.5 Å². The molecule has 2 N–H and O–H groups in total. The van der Waals surface area contributed by atoms with E-state index in [-0.39, 0.29) is 23.2 Å². The largest absolute Gasteiger partial charge is 0.573 e. The van der Waals surface area contributed by atoms with Crippen LogP contribution >= 0.6 is 0 Å². The van der Waals surface area contributed by atoms with Gasteiger partial charge >= 0.3 is 6.36 Å². The minimum atomic E-state index is -4.80. The first-order chi connectivity index (χ1) is 15.2. The van der Waals surface area contributed by atoms with E-state index in [1.54, 1.807) is 24.3 Å². The molecule has 0 aliphatic heterocycles. The van der Waals surface area contributed by atoms with Gasteiger partial charge in [-0.05, 0) is 51.3 Å². The molecule has 0 radical (unpaired) electrons. The van der Waals surface area contributed by atoms with Crippen LogP contribution in [0.2, 0.25) is 0 Å². The van der Waals surface area contributed by atoms with Crippen LogP contribution in [0.4, 0.5) is 35.0 Å². The van der Waals surface area contributed by atoms with Gasteiger partial charge in [0, 0.05) is 18.2 Å². The molecule has 0 bridgehead atoms. The predicted molar refractivity (Wildman–Crippen MR) is 115 cm³/mol. The zero-order valence-electron chi connectivity index (χ0n) is 17.6. The van der Waals surface area contributed by atoms with Crippen LogP contribution in [0, 0.1) is 5.82 Å². The van der Waals surface area contributed by atoms with Crippen LogP contribution < -0.4 is 15.4 Å². The summed E-state index contributed by atoms with van der Waals surface area (Å²) in [6.45, 7) is 1.43. The molecule has 3 rings (SSSR count). The Hall–Kier alpha value is -3.40. The lowest BCUT2D eigenvalue weighted by atomic mass is 10.1. The highest BCUT2D eigenvalue weighted by atomic mass is 19.4. The van der Waals surface area contributed by atoms with E-state index < -0.39 is 12.2 Å². The molecule has 32 heavy (non-hydrogen) atoms. The second-order valence-electron chi connectivity index (χ2n) is 7.23. The maximum Gasteiger partial charge on any atom is 0.573 e. The molecule has 0 fully saturated rings. The number of rotatable bonds is 9. The number of nitrogens with zero attached hydrogens (tertiary/aromatic N) is 3. The molecule has 1 aromatic heterocycles. The van der Waals surface area contributed by atoms with Crippen LogP contribution in [0.3, 0.4) is 0 Å². The van der Waals surface area contributed by atoms with Gasteiger partial charge in [0.1, 0.15) is 17.4 Å². The van der Waals surface area contributed by atoms with Gasteiger partial charge < -0.3 is 20.3 Å². The minimum absolute atomic E-state index is 0.213. The normalized spacial score (nSPS) is 11.5. The summed E-state index contributed by atoms with van der Waals surface area (Å²) in [5.74, 6) is -0.272. The van der Waals surface area contributed by atoms with Crippen molar-refractivity contribution in [1.29, 1.82) is 0 Å². The smallest absolute Gasteiger partial charge is 0.406 e. The van der Waals surface area contributed by atoms with Gasteiger partial charge in [0.2, 0.25) is 5.95 Å². The van der Waals surface area contributed by atoms with Crippen LogP contribution in [-0.4, -0.2) is 48.4 Å². The highest BCUT2D eigenvalue weighted by molar-refractivity contribution is 5.68. The topological polar surface area (TPSA) is 62.3 Å². The van der Waals surface area contributed by atoms with Gasteiger partial charge in [-0.1, -0.05) is 24.3 Å².